The molecule has 34 heavy (non-hydrogen) atoms. The topological polar surface area (TPSA) is 119 Å². The van der Waals surface area contributed by atoms with Crippen LogP contribution in [0.3, 0.4) is 0 Å². The molecule has 0 bridgehead atoms. The summed E-state index contributed by atoms with van der Waals surface area (Å²) < 4.78 is 29.5. The molecule has 9 heteroatoms. The Bertz CT molecular complexity index is 1340. The Kier molecular flexibility index (Phi) is 6.41. The van der Waals surface area contributed by atoms with E-state index in [0.717, 1.165) is 0 Å². The summed E-state index contributed by atoms with van der Waals surface area (Å²) in [5, 5.41) is 7.98. The number of sulfonamides is 1. The van der Waals surface area contributed by atoms with Gasteiger partial charge in [-0.1, -0.05) is 50.2 Å². The maximum Gasteiger partial charge on any atom is 0.259 e. The van der Waals surface area contributed by atoms with E-state index in [1.54, 1.807) is 48.5 Å². The maximum absolute atomic E-state index is 13.8. The van der Waals surface area contributed by atoms with E-state index in [4.69, 9.17) is 9.88 Å². The van der Waals surface area contributed by atoms with Gasteiger partial charge in [-0.05, 0) is 47.9 Å². The Hall–Kier alpha value is -3.69. The summed E-state index contributed by atoms with van der Waals surface area (Å²) in [6, 6.07) is 18.8. The summed E-state index contributed by atoms with van der Waals surface area (Å²) in [7, 11) is -4.00. The molecule has 0 radical (unpaired) electrons. The van der Waals surface area contributed by atoms with Crippen molar-refractivity contribution >= 4 is 33.2 Å². The van der Waals surface area contributed by atoms with Gasteiger partial charge in [-0.15, -0.1) is 0 Å². The zero-order chi connectivity index (χ0) is 24.5. The minimum absolute atomic E-state index is 0.166. The highest BCUT2D eigenvalue weighted by Crippen LogP contribution is 2.40. The van der Waals surface area contributed by atoms with Gasteiger partial charge in [-0.2, -0.15) is 0 Å². The molecule has 1 unspecified atom stereocenters. The zero-order valence-corrected chi connectivity index (χ0v) is 19.6. The molecule has 1 aliphatic heterocycles. The Labute approximate surface area is 198 Å². The van der Waals surface area contributed by atoms with Crippen molar-refractivity contribution in [1.29, 1.82) is 0 Å². The van der Waals surface area contributed by atoms with Gasteiger partial charge >= 0.3 is 0 Å². The number of nitrogens with two attached hydrogens (primary N) is 1. The SMILES string of the molecule is CC(C)COc1cccc(C(=O)N2c3ccc(S(N)(=O)=O)cc3NC(=O)C2c2ccccc2)c1. The van der Waals surface area contributed by atoms with Crippen molar-refractivity contribution in [2.75, 3.05) is 16.8 Å². The third-order valence-corrected chi connectivity index (χ3v) is 6.23. The molecule has 3 aromatic carbocycles. The van der Waals surface area contributed by atoms with Crippen LogP contribution in [0.5, 0.6) is 5.75 Å². The first-order valence-electron chi connectivity index (χ1n) is 10.7. The Morgan fingerprint density at radius 2 is 1.79 bits per heavy atom. The van der Waals surface area contributed by atoms with E-state index < -0.39 is 27.9 Å². The van der Waals surface area contributed by atoms with E-state index in [1.807, 2.05) is 19.9 Å². The van der Waals surface area contributed by atoms with Crippen LogP contribution in [0.4, 0.5) is 11.4 Å². The zero-order valence-electron chi connectivity index (χ0n) is 18.8. The number of anilines is 2. The highest BCUT2D eigenvalue weighted by atomic mass is 32.2. The van der Waals surface area contributed by atoms with E-state index in [1.165, 1.54) is 23.1 Å². The van der Waals surface area contributed by atoms with Crippen LogP contribution in [0.2, 0.25) is 0 Å². The van der Waals surface area contributed by atoms with Gasteiger partial charge in [0.15, 0.2) is 0 Å². The number of carbonyl (C=O) groups is 2. The molecule has 1 aliphatic rings. The van der Waals surface area contributed by atoms with Crippen LogP contribution in [-0.4, -0.2) is 26.8 Å². The monoisotopic (exact) mass is 479 g/mol. The predicted molar refractivity (Wildman–Crippen MR) is 129 cm³/mol. The summed E-state index contributed by atoms with van der Waals surface area (Å²) in [5.41, 5.74) is 1.49. The van der Waals surface area contributed by atoms with Crippen molar-refractivity contribution in [3.8, 4) is 5.75 Å². The number of carbonyl (C=O) groups excluding carboxylic acids is 2. The van der Waals surface area contributed by atoms with Crippen LogP contribution >= 0.6 is 0 Å². The summed E-state index contributed by atoms with van der Waals surface area (Å²) in [5.74, 6) is -0.0382. The number of amides is 2. The highest BCUT2D eigenvalue weighted by molar-refractivity contribution is 7.89. The first-order valence-corrected chi connectivity index (χ1v) is 12.3. The number of hydrogen-bond acceptors (Lipinski definition) is 5. The average Bonchev–Trinajstić information content (AvgIpc) is 2.81. The number of hydrogen-bond donors (Lipinski definition) is 2. The van der Waals surface area contributed by atoms with E-state index >= 15 is 0 Å². The molecule has 1 heterocycles. The number of nitrogens with one attached hydrogen (secondary N) is 1. The standard InChI is InChI=1S/C25H25N3O5S/c1-16(2)15-33-19-10-6-9-18(13-19)25(30)28-22-12-11-20(34(26,31)32)14-21(22)27-24(29)23(28)17-7-4-3-5-8-17/h3-14,16,23H,15H2,1-2H3,(H,27,29)(H2,26,31,32). The summed E-state index contributed by atoms with van der Waals surface area (Å²) in [6.45, 7) is 4.55. The van der Waals surface area contributed by atoms with E-state index in [2.05, 4.69) is 5.32 Å². The van der Waals surface area contributed by atoms with Crippen LogP contribution < -0.4 is 20.1 Å². The van der Waals surface area contributed by atoms with Crippen LogP contribution in [0.1, 0.15) is 35.8 Å². The molecule has 0 saturated carbocycles. The van der Waals surface area contributed by atoms with Gasteiger partial charge in [0.05, 0.1) is 22.9 Å². The molecule has 3 N–H and O–H groups in total. The maximum atomic E-state index is 13.8. The molecule has 0 aromatic heterocycles. The second-order valence-corrected chi connectivity index (χ2v) is 10.00. The minimum atomic E-state index is -4.00. The predicted octanol–water partition coefficient (Wildman–Crippen LogP) is 3.71. The van der Waals surface area contributed by atoms with Gasteiger partial charge in [0, 0.05) is 5.56 Å². The van der Waals surface area contributed by atoms with Crippen LogP contribution in [-0.2, 0) is 14.8 Å². The second-order valence-electron chi connectivity index (χ2n) is 8.43. The lowest BCUT2D eigenvalue weighted by Gasteiger charge is -2.37. The number of benzene rings is 3. The molecule has 8 nitrogen and oxygen atoms in total. The lowest BCUT2D eigenvalue weighted by atomic mass is 9.98. The van der Waals surface area contributed by atoms with E-state index in [-0.39, 0.29) is 10.6 Å². The van der Waals surface area contributed by atoms with Gasteiger partial charge in [-0.3, -0.25) is 14.5 Å². The number of fused-ring (bicyclic) bond motifs is 1. The van der Waals surface area contributed by atoms with Crippen LogP contribution in [0.25, 0.3) is 0 Å². The average molecular weight is 480 g/mol. The molecule has 0 spiro atoms. The molecule has 0 aliphatic carbocycles. The largest absolute Gasteiger partial charge is 0.493 e. The quantitative estimate of drug-likeness (QED) is 0.559. The van der Waals surface area contributed by atoms with Gasteiger partial charge in [-0.25, -0.2) is 13.6 Å². The lowest BCUT2D eigenvalue weighted by Crippen LogP contribution is -2.45. The molecular weight excluding hydrogens is 454 g/mol. The number of nitrogens with zero attached hydrogens (tertiary/aromatic N) is 1. The molecule has 4 rings (SSSR count). The minimum Gasteiger partial charge on any atom is -0.493 e. The third kappa shape index (κ3) is 4.80. The molecule has 0 saturated heterocycles. The molecular formula is C25H25N3O5S. The summed E-state index contributed by atoms with van der Waals surface area (Å²) in [4.78, 5) is 28.2. The van der Waals surface area contributed by atoms with Crippen molar-refractivity contribution < 1.29 is 22.7 Å². The third-order valence-electron chi connectivity index (χ3n) is 5.32. The fourth-order valence-electron chi connectivity index (χ4n) is 3.74. The first kappa shape index (κ1) is 23.5. The second kappa shape index (κ2) is 9.28. The highest BCUT2D eigenvalue weighted by Gasteiger charge is 2.39. The normalized spacial score (nSPS) is 15.6. The van der Waals surface area contributed by atoms with Crippen molar-refractivity contribution in [3.05, 3.63) is 83.9 Å². The Balaban J connectivity index is 1.82. The molecule has 0 fully saturated rings. The van der Waals surface area contributed by atoms with E-state index in [0.29, 0.717) is 35.1 Å². The molecule has 176 valence electrons. The fraction of sp³-hybridized carbons (Fsp3) is 0.200. The number of rotatable bonds is 6. The van der Waals surface area contributed by atoms with Crippen molar-refractivity contribution in [1.82, 2.24) is 0 Å². The van der Waals surface area contributed by atoms with E-state index in [9.17, 15) is 18.0 Å². The summed E-state index contributed by atoms with van der Waals surface area (Å²) in [6.07, 6.45) is 0. The first-order chi connectivity index (χ1) is 16.1. The van der Waals surface area contributed by atoms with Gasteiger partial charge in [0.1, 0.15) is 11.8 Å². The summed E-state index contributed by atoms with van der Waals surface area (Å²) >= 11 is 0. The number of primary sulfonamides is 1. The Morgan fingerprint density at radius 1 is 1.06 bits per heavy atom. The molecule has 3 aromatic rings. The molecule has 1 atom stereocenters. The fourth-order valence-corrected chi connectivity index (χ4v) is 4.28. The van der Waals surface area contributed by atoms with Gasteiger partial charge < -0.3 is 10.1 Å². The Morgan fingerprint density at radius 3 is 2.47 bits per heavy atom. The van der Waals surface area contributed by atoms with Crippen molar-refractivity contribution in [2.45, 2.75) is 24.8 Å². The molecule has 2 amide bonds. The van der Waals surface area contributed by atoms with Crippen molar-refractivity contribution in [2.24, 2.45) is 11.1 Å². The van der Waals surface area contributed by atoms with Crippen LogP contribution in [0, 0.1) is 5.92 Å². The van der Waals surface area contributed by atoms with Crippen molar-refractivity contribution in [3.63, 3.8) is 0 Å². The lowest BCUT2D eigenvalue weighted by molar-refractivity contribution is -0.117. The van der Waals surface area contributed by atoms with Gasteiger partial charge in [0.25, 0.3) is 11.8 Å². The van der Waals surface area contributed by atoms with Crippen LogP contribution in [0.15, 0.2) is 77.7 Å². The smallest absolute Gasteiger partial charge is 0.259 e. The van der Waals surface area contributed by atoms with Gasteiger partial charge in [0.2, 0.25) is 10.0 Å². The number of ether oxygens (including phenoxy) is 1.